The van der Waals surface area contributed by atoms with Crippen LogP contribution in [0.2, 0.25) is 0 Å². The summed E-state index contributed by atoms with van der Waals surface area (Å²) in [5, 5.41) is 3.17. The summed E-state index contributed by atoms with van der Waals surface area (Å²) in [7, 11) is -3.49. The lowest BCUT2D eigenvalue weighted by Crippen LogP contribution is -2.52. The monoisotopic (exact) mass is 457 g/mol. The van der Waals surface area contributed by atoms with Crippen LogP contribution in [-0.2, 0) is 14.8 Å². The molecule has 0 bridgehead atoms. The quantitative estimate of drug-likeness (QED) is 0.736. The lowest BCUT2D eigenvalue weighted by molar-refractivity contribution is -0.123. The van der Waals surface area contributed by atoms with Crippen LogP contribution in [0, 0.1) is 5.92 Å². The van der Waals surface area contributed by atoms with Gasteiger partial charge in [-0.2, -0.15) is 4.31 Å². The molecule has 1 N–H and O–H groups in total. The molecule has 2 fully saturated rings. The van der Waals surface area contributed by atoms with Crippen molar-refractivity contribution >= 4 is 31.9 Å². The van der Waals surface area contributed by atoms with Crippen LogP contribution >= 0.6 is 15.9 Å². The smallest absolute Gasteiger partial charge is 0.243 e. The average Bonchev–Trinajstić information content (AvgIpc) is 2.64. The van der Waals surface area contributed by atoms with E-state index in [0.29, 0.717) is 43.5 Å². The fourth-order valence-corrected chi connectivity index (χ4v) is 5.91. The van der Waals surface area contributed by atoms with Crippen molar-refractivity contribution in [1.82, 2.24) is 14.5 Å². The van der Waals surface area contributed by atoms with Gasteiger partial charge in [0.1, 0.15) is 0 Å². The molecule has 2 unspecified atom stereocenters. The maximum atomic E-state index is 12.8. The molecule has 3 rings (SSSR count). The molecule has 8 heteroatoms. The van der Waals surface area contributed by atoms with Crippen LogP contribution in [0.3, 0.4) is 0 Å². The number of nitrogens with zero attached hydrogens (tertiary/aromatic N) is 2. The molecule has 1 heterocycles. The highest BCUT2D eigenvalue weighted by Gasteiger charge is 2.30. The van der Waals surface area contributed by atoms with Gasteiger partial charge in [0.05, 0.1) is 11.4 Å². The first kappa shape index (κ1) is 20.8. The van der Waals surface area contributed by atoms with Crippen molar-refractivity contribution in [2.24, 2.45) is 5.92 Å². The molecule has 27 heavy (non-hydrogen) atoms. The summed E-state index contributed by atoms with van der Waals surface area (Å²) in [5.74, 6) is 0.590. The summed E-state index contributed by atoms with van der Waals surface area (Å²) in [6.07, 6.45) is 4.67. The third kappa shape index (κ3) is 5.31. The highest BCUT2D eigenvalue weighted by atomic mass is 79.9. The van der Waals surface area contributed by atoms with Crippen molar-refractivity contribution in [3.05, 3.63) is 28.7 Å². The second-order valence-corrected chi connectivity index (χ2v) is 10.4. The number of amides is 1. The number of benzene rings is 1. The van der Waals surface area contributed by atoms with Gasteiger partial charge in [0, 0.05) is 36.7 Å². The van der Waals surface area contributed by atoms with Gasteiger partial charge in [-0.15, -0.1) is 0 Å². The standard InChI is InChI=1S/C19H28BrN3O3S/c1-15-5-2-3-8-18(15)21-19(24)14-22-9-11-23(12-10-22)27(25,26)17-7-4-6-16(20)13-17/h4,6-7,13,15,18H,2-3,5,8-12,14H2,1H3,(H,21,24). The minimum atomic E-state index is -3.49. The van der Waals surface area contributed by atoms with Gasteiger partial charge in [0.15, 0.2) is 0 Å². The van der Waals surface area contributed by atoms with Crippen LogP contribution in [-0.4, -0.2) is 62.3 Å². The van der Waals surface area contributed by atoms with Crippen LogP contribution < -0.4 is 5.32 Å². The number of hydrogen-bond donors (Lipinski definition) is 1. The topological polar surface area (TPSA) is 69.7 Å². The van der Waals surface area contributed by atoms with E-state index in [0.717, 1.165) is 10.9 Å². The van der Waals surface area contributed by atoms with Gasteiger partial charge in [-0.3, -0.25) is 9.69 Å². The number of rotatable bonds is 5. The molecular weight excluding hydrogens is 430 g/mol. The minimum Gasteiger partial charge on any atom is -0.352 e. The molecule has 2 aliphatic rings. The van der Waals surface area contributed by atoms with E-state index in [2.05, 4.69) is 28.2 Å². The van der Waals surface area contributed by atoms with E-state index < -0.39 is 10.0 Å². The van der Waals surface area contributed by atoms with Crippen molar-refractivity contribution in [2.45, 2.75) is 43.5 Å². The zero-order valence-corrected chi connectivity index (χ0v) is 18.1. The molecule has 2 atom stereocenters. The van der Waals surface area contributed by atoms with E-state index in [1.165, 1.54) is 23.6 Å². The number of sulfonamides is 1. The molecule has 1 aromatic rings. The second kappa shape index (κ2) is 9.03. The lowest BCUT2D eigenvalue weighted by atomic mass is 9.86. The van der Waals surface area contributed by atoms with Crippen molar-refractivity contribution in [3.63, 3.8) is 0 Å². The van der Waals surface area contributed by atoms with Crippen molar-refractivity contribution < 1.29 is 13.2 Å². The zero-order valence-electron chi connectivity index (χ0n) is 15.7. The van der Waals surface area contributed by atoms with E-state index in [4.69, 9.17) is 0 Å². The van der Waals surface area contributed by atoms with E-state index in [1.807, 2.05) is 11.0 Å². The molecule has 1 amide bonds. The number of hydrogen-bond acceptors (Lipinski definition) is 4. The third-order valence-corrected chi connectivity index (χ3v) is 7.98. The molecule has 0 aromatic heterocycles. The Labute approximate surface area is 170 Å². The van der Waals surface area contributed by atoms with Gasteiger partial charge in [-0.25, -0.2) is 8.42 Å². The summed E-state index contributed by atoms with van der Waals surface area (Å²) < 4.78 is 27.8. The molecule has 1 aromatic carbocycles. The van der Waals surface area contributed by atoms with Crippen molar-refractivity contribution in [1.29, 1.82) is 0 Å². The van der Waals surface area contributed by atoms with Crippen molar-refractivity contribution in [2.75, 3.05) is 32.7 Å². The van der Waals surface area contributed by atoms with Crippen LogP contribution in [0.25, 0.3) is 0 Å². The average molecular weight is 458 g/mol. The predicted molar refractivity (Wildman–Crippen MR) is 109 cm³/mol. The first-order chi connectivity index (χ1) is 12.9. The summed E-state index contributed by atoms with van der Waals surface area (Å²) >= 11 is 3.32. The molecule has 1 saturated carbocycles. The number of halogens is 1. The summed E-state index contributed by atoms with van der Waals surface area (Å²) in [4.78, 5) is 14.7. The van der Waals surface area contributed by atoms with Crippen LogP contribution in [0.4, 0.5) is 0 Å². The highest BCUT2D eigenvalue weighted by Crippen LogP contribution is 2.24. The Kier molecular flexibility index (Phi) is 6.94. The van der Waals surface area contributed by atoms with Gasteiger partial charge in [0.2, 0.25) is 15.9 Å². The lowest BCUT2D eigenvalue weighted by Gasteiger charge is -2.34. The highest BCUT2D eigenvalue weighted by molar-refractivity contribution is 9.10. The zero-order chi connectivity index (χ0) is 19.4. The molecule has 1 saturated heterocycles. The van der Waals surface area contributed by atoms with Gasteiger partial charge in [-0.05, 0) is 37.0 Å². The Morgan fingerprint density at radius 2 is 1.89 bits per heavy atom. The number of carbonyl (C=O) groups is 1. The van der Waals surface area contributed by atoms with Crippen LogP contribution in [0.5, 0.6) is 0 Å². The Morgan fingerprint density at radius 3 is 2.56 bits per heavy atom. The largest absolute Gasteiger partial charge is 0.352 e. The van der Waals surface area contributed by atoms with Gasteiger partial charge in [-0.1, -0.05) is 41.8 Å². The minimum absolute atomic E-state index is 0.0528. The number of nitrogens with one attached hydrogen (secondary N) is 1. The molecule has 1 aliphatic carbocycles. The third-order valence-electron chi connectivity index (χ3n) is 5.59. The van der Waals surface area contributed by atoms with E-state index >= 15 is 0 Å². The Morgan fingerprint density at radius 1 is 1.19 bits per heavy atom. The summed E-state index contributed by atoms with van der Waals surface area (Å²) in [6, 6.07) is 7.06. The molecule has 6 nitrogen and oxygen atoms in total. The maximum Gasteiger partial charge on any atom is 0.243 e. The first-order valence-corrected chi connectivity index (χ1v) is 11.9. The first-order valence-electron chi connectivity index (χ1n) is 9.64. The number of piperazine rings is 1. The van der Waals surface area contributed by atoms with Gasteiger partial charge < -0.3 is 5.32 Å². The van der Waals surface area contributed by atoms with E-state index in [-0.39, 0.29) is 11.9 Å². The van der Waals surface area contributed by atoms with Crippen LogP contribution in [0.15, 0.2) is 33.6 Å². The van der Waals surface area contributed by atoms with Crippen LogP contribution in [0.1, 0.15) is 32.6 Å². The van der Waals surface area contributed by atoms with E-state index in [9.17, 15) is 13.2 Å². The Balaban J connectivity index is 1.50. The fraction of sp³-hybridized carbons (Fsp3) is 0.632. The second-order valence-electron chi connectivity index (χ2n) is 7.57. The molecule has 0 spiro atoms. The maximum absolute atomic E-state index is 12.8. The molecular formula is C19H28BrN3O3S. The summed E-state index contributed by atoms with van der Waals surface area (Å²) in [6.45, 7) is 4.50. The SMILES string of the molecule is CC1CCCCC1NC(=O)CN1CCN(S(=O)(=O)c2cccc(Br)c2)CC1. The molecule has 1 aliphatic heterocycles. The molecule has 150 valence electrons. The van der Waals surface area contributed by atoms with Gasteiger partial charge >= 0.3 is 0 Å². The van der Waals surface area contributed by atoms with Gasteiger partial charge in [0.25, 0.3) is 0 Å². The van der Waals surface area contributed by atoms with Crippen molar-refractivity contribution in [3.8, 4) is 0 Å². The molecule has 0 radical (unpaired) electrons. The fourth-order valence-electron chi connectivity index (χ4n) is 3.89. The van der Waals surface area contributed by atoms with E-state index in [1.54, 1.807) is 18.2 Å². The summed E-state index contributed by atoms with van der Waals surface area (Å²) in [5.41, 5.74) is 0. The predicted octanol–water partition coefficient (Wildman–Crippen LogP) is 2.45. The normalized spacial score (nSPS) is 25.3. The number of carbonyl (C=O) groups excluding carboxylic acids is 1. The Bertz CT molecular complexity index is 763. The Hall–Kier alpha value is -0.960.